The van der Waals surface area contributed by atoms with Gasteiger partial charge in [0.15, 0.2) is 0 Å². The van der Waals surface area contributed by atoms with Gasteiger partial charge in [-0.3, -0.25) is 20.0 Å². The number of likely N-dealkylation sites (tertiary alicyclic amines) is 1. The molecule has 9 heteroatoms. The molecule has 0 unspecified atom stereocenters. The molecule has 1 saturated heterocycles. The van der Waals surface area contributed by atoms with Crippen molar-refractivity contribution >= 4 is 28.4 Å². The molecule has 8 nitrogen and oxygen atoms in total. The molecule has 1 amide bonds. The molecule has 2 aromatic heterocycles. The Labute approximate surface area is 222 Å². The van der Waals surface area contributed by atoms with Crippen molar-refractivity contribution in [1.29, 1.82) is 0 Å². The maximum Gasteiger partial charge on any atom is 0.249 e. The van der Waals surface area contributed by atoms with Crippen LogP contribution in [0.5, 0.6) is 5.75 Å². The molecule has 0 radical (unpaired) electrons. The fourth-order valence-electron chi connectivity index (χ4n) is 5.29. The lowest BCUT2D eigenvalue weighted by Crippen LogP contribution is -2.48. The number of carbonyl (C=O) groups excluding carboxylic acids is 1. The summed E-state index contributed by atoms with van der Waals surface area (Å²) in [6, 6.07) is 11.4. The van der Waals surface area contributed by atoms with Crippen LogP contribution in [0.3, 0.4) is 0 Å². The van der Waals surface area contributed by atoms with Gasteiger partial charge in [-0.2, -0.15) is 0 Å². The maximum absolute atomic E-state index is 12.8. The second kappa shape index (κ2) is 12.6. The van der Waals surface area contributed by atoms with Crippen LogP contribution < -0.4 is 10.2 Å². The van der Waals surface area contributed by atoms with Crippen molar-refractivity contribution < 1.29 is 19.8 Å². The van der Waals surface area contributed by atoms with E-state index in [1.165, 1.54) is 6.20 Å². The average molecular weight is 527 g/mol. The first-order valence-corrected chi connectivity index (χ1v) is 13.2. The van der Waals surface area contributed by atoms with Gasteiger partial charge in [0, 0.05) is 29.0 Å². The van der Waals surface area contributed by atoms with Crippen LogP contribution >= 0.6 is 11.6 Å². The second-order valence-corrected chi connectivity index (χ2v) is 10.2. The first-order chi connectivity index (χ1) is 18.0. The van der Waals surface area contributed by atoms with Gasteiger partial charge in [-0.15, -0.1) is 0 Å². The van der Waals surface area contributed by atoms with E-state index in [1.54, 1.807) is 7.11 Å². The predicted molar refractivity (Wildman–Crippen MR) is 143 cm³/mol. The summed E-state index contributed by atoms with van der Waals surface area (Å²) >= 11 is 6.47. The normalized spacial score (nSPS) is 16.4. The van der Waals surface area contributed by atoms with Crippen LogP contribution in [0.15, 0.2) is 48.8 Å². The fourth-order valence-corrected chi connectivity index (χ4v) is 5.57. The van der Waals surface area contributed by atoms with Crippen molar-refractivity contribution in [2.75, 3.05) is 26.7 Å². The summed E-state index contributed by atoms with van der Waals surface area (Å²) in [6.07, 6.45) is 7.54. The number of aliphatic hydroxyl groups is 1. The Morgan fingerprint density at radius 2 is 2.03 bits per heavy atom. The zero-order valence-corrected chi connectivity index (χ0v) is 22.0. The molecule has 4 rings (SSSR count). The minimum atomic E-state index is -0.891. The summed E-state index contributed by atoms with van der Waals surface area (Å²) in [6.45, 7) is 2.50. The number of unbranched alkanes of at least 4 members (excludes halogenated alkanes) is 1. The number of aliphatic hydroxyl groups excluding tert-OH is 1. The third kappa shape index (κ3) is 6.57. The maximum atomic E-state index is 12.8. The highest BCUT2D eigenvalue weighted by molar-refractivity contribution is 6.32. The molecule has 3 aromatic rings. The Hall–Kier alpha value is -2.78. The predicted octanol–water partition coefficient (Wildman–Crippen LogP) is 4.72. The van der Waals surface area contributed by atoms with Crippen molar-refractivity contribution in [3.8, 4) is 5.75 Å². The first-order valence-electron chi connectivity index (χ1n) is 12.8. The van der Waals surface area contributed by atoms with Crippen LogP contribution in [-0.2, 0) is 11.2 Å². The van der Waals surface area contributed by atoms with Crippen LogP contribution in [0.4, 0.5) is 0 Å². The smallest absolute Gasteiger partial charge is 0.249 e. The van der Waals surface area contributed by atoms with Crippen LogP contribution in [0.1, 0.15) is 55.9 Å². The van der Waals surface area contributed by atoms with Crippen molar-refractivity contribution in [1.82, 2.24) is 20.3 Å². The van der Waals surface area contributed by atoms with E-state index in [4.69, 9.17) is 16.3 Å². The van der Waals surface area contributed by atoms with Gasteiger partial charge in [0.1, 0.15) is 5.75 Å². The zero-order chi connectivity index (χ0) is 26.3. The van der Waals surface area contributed by atoms with Crippen molar-refractivity contribution in [2.45, 2.75) is 51.0 Å². The number of rotatable bonds is 11. The van der Waals surface area contributed by atoms with E-state index in [-0.39, 0.29) is 5.91 Å². The lowest BCUT2D eigenvalue weighted by molar-refractivity contribution is -0.143. The number of hydrogen-bond donors (Lipinski definition) is 3. The Morgan fingerprint density at radius 1 is 1.22 bits per heavy atom. The van der Waals surface area contributed by atoms with Gasteiger partial charge < -0.3 is 14.7 Å². The molecule has 37 heavy (non-hydrogen) atoms. The molecule has 1 atom stereocenters. The largest absolute Gasteiger partial charge is 0.497 e. The number of carbonyl (C=O) groups is 1. The van der Waals surface area contributed by atoms with Crippen molar-refractivity contribution in [3.63, 3.8) is 0 Å². The van der Waals surface area contributed by atoms with Gasteiger partial charge >= 0.3 is 0 Å². The number of aryl methyl sites for hydroxylation is 1. The zero-order valence-electron chi connectivity index (χ0n) is 21.2. The summed E-state index contributed by atoms with van der Waals surface area (Å²) < 4.78 is 5.34. The summed E-state index contributed by atoms with van der Waals surface area (Å²) in [7, 11) is 1.58. The van der Waals surface area contributed by atoms with Gasteiger partial charge in [0.25, 0.3) is 0 Å². The number of amides is 1. The molecule has 198 valence electrons. The number of methoxy groups -OCH3 is 1. The van der Waals surface area contributed by atoms with Gasteiger partial charge in [0.2, 0.25) is 5.91 Å². The molecule has 1 aliphatic rings. The Balaban J connectivity index is 1.36. The minimum absolute atomic E-state index is 0.327. The number of piperidine rings is 1. The van der Waals surface area contributed by atoms with Gasteiger partial charge in [-0.1, -0.05) is 17.7 Å². The third-order valence-electron chi connectivity index (χ3n) is 7.58. The Kier molecular flexibility index (Phi) is 9.32. The standard InChI is InChI=1S/C28H35ClN4O4/c1-37-21-8-9-24-22(18-21)26(23(29)19-31-24)25(34)10-11-28(27(35)32-36)12-16-33(17-13-28)15-5-3-7-20-6-2-4-14-30-20/h2,4,6,8-9,14,18-19,25,34,36H,3,5,7,10-13,15-17H2,1H3,(H,32,35)/t25-/m1/s1. The molecule has 0 aliphatic carbocycles. The minimum Gasteiger partial charge on any atom is -0.497 e. The molecule has 1 aromatic carbocycles. The lowest BCUT2D eigenvalue weighted by atomic mass is 9.73. The SMILES string of the molecule is COc1ccc2ncc(Cl)c([C@H](O)CCC3(C(=O)NO)CCN(CCCCc4ccccn4)CC3)c2c1. The number of hydrogen-bond acceptors (Lipinski definition) is 7. The molecule has 0 spiro atoms. The number of pyridine rings is 2. The van der Waals surface area contributed by atoms with Gasteiger partial charge in [-0.05, 0) is 94.9 Å². The van der Waals surface area contributed by atoms with E-state index in [1.807, 2.05) is 42.0 Å². The number of benzene rings is 1. The molecule has 0 saturated carbocycles. The van der Waals surface area contributed by atoms with Crippen molar-refractivity contribution in [2.24, 2.45) is 5.41 Å². The summed E-state index contributed by atoms with van der Waals surface area (Å²) in [5.41, 5.74) is 3.53. The number of aromatic nitrogens is 2. The monoisotopic (exact) mass is 526 g/mol. The molecule has 1 fully saturated rings. The van der Waals surface area contributed by atoms with Crippen LogP contribution in [0.2, 0.25) is 5.02 Å². The molecular weight excluding hydrogens is 492 g/mol. The Bertz CT molecular complexity index is 1190. The van der Waals surface area contributed by atoms with E-state index in [0.29, 0.717) is 47.5 Å². The average Bonchev–Trinajstić information content (AvgIpc) is 2.94. The summed E-state index contributed by atoms with van der Waals surface area (Å²) in [5, 5.41) is 21.8. The number of halogens is 1. The molecule has 3 heterocycles. The quantitative estimate of drug-likeness (QED) is 0.188. The second-order valence-electron chi connectivity index (χ2n) is 9.80. The van der Waals surface area contributed by atoms with E-state index < -0.39 is 11.5 Å². The highest BCUT2D eigenvalue weighted by Gasteiger charge is 2.41. The van der Waals surface area contributed by atoms with E-state index >= 15 is 0 Å². The number of hydroxylamine groups is 1. The lowest BCUT2D eigenvalue weighted by Gasteiger charge is -2.40. The number of nitrogens with zero attached hydrogens (tertiary/aromatic N) is 3. The summed E-state index contributed by atoms with van der Waals surface area (Å²) in [5.74, 6) is 0.260. The molecule has 1 aliphatic heterocycles. The third-order valence-corrected chi connectivity index (χ3v) is 7.88. The van der Waals surface area contributed by atoms with Gasteiger partial charge in [-0.25, -0.2) is 5.48 Å². The molecule has 0 bridgehead atoms. The van der Waals surface area contributed by atoms with E-state index in [2.05, 4.69) is 20.9 Å². The molecule has 3 N–H and O–H groups in total. The highest BCUT2D eigenvalue weighted by Crippen LogP contribution is 2.41. The number of fused-ring (bicyclic) bond motifs is 1. The summed E-state index contributed by atoms with van der Waals surface area (Å²) in [4.78, 5) is 23.9. The number of nitrogens with one attached hydrogen (secondary N) is 1. The van der Waals surface area contributed by atoms with Crippen LogP contribution in [-0.4, -0.2) is 57.8 Å². The van der Waals surface area contributed by atoms with E-state index in [0.717, 1.165) is 50.0 Å². The Morgan fingerprint density at radius 3 is 2.73 bits per heavy atom. The number of ether oxygens (including phenoxy) is 1. The van der Waals surface area contributed by atoms with Crippen LogP contribution in [0.25, 0.3) is 10.9 Å². The van der Waals surface area contributed by atoms with Crippen LogP contribution in [0, 0.1) is 5.41 Å². The topological polar surface area (TPSA) is 108 Å². The van der Waals surface area contributed by atoms with Crippen molar-refractivity contribution in [3.05, 3.63) is 65.1 Å². The molecular formula is C28H35ClN4O4. The highest BCUT2D eigenvalue weighted by atomic mass is 35.5. The van der Waals surface area contributed by atoms with Gasteiger partial charge in [0.05, 0.1) is 29.2 Å². The van der Waals surface area contributed by atoms with E-state index in [9.17, 15) is 15.1 Å². The fraction of sp³-hybridized carbons (Fsp3) is 0.464. The first kappa shape index (κ1) is 27.3.